The number of rotatable bonds is 18. The molecular formula is C20H36O6. The van der Waals surface area contributed by atoms with Crippen LogP contribution in [0.3, 0.4) is 0 Å². The number of hydrogen-bond donors (Lipinski definition) is 1. The molecule has 0 spiro atoms. The van der Waals surface area contributed by atoms with E-state index in [9.17, 15) is 14.4 Å². The van der Waals surface area contributed by atoms with Gasteiger partial charge in [-0.25, -0.2) is 0 Å². The number of carboxylic acids is 1. The average molecular weight is 373 g/mol. The van der Waals surface area contributed by atoms with E-state index in [-0.39, 0.29) is 6.42 Å². The second kappa shape index (κ2) is 18.2. The molecule has 152 valence electrons. The molecule has 0 radical (unpaired) electrons. The predicted molar refractivity (Wildman–Crippen MR) is 99.9 cm³/mol. The van der Waals surface area contributed by atoms with Crippen molar-refractivity contribution in [3.63, 3.8) is 0 Å². The zero-order valence-electron chi connectivity index (χ0n) is 16.3. The van der Waals surface area contributed by atoms with Gasteiger partial charge in [-0.2, -0.15) is 0 Å². The summed E-state index contributed by atoms with van der Waals surface area (Å²) in [5.41, 5.74) is 0. The molecule has 0 rings (SSSR count). The Hall–Kier alpha value is -1.59. The lowest BCUT2D eigenvalue weighted by Gasteiger charge is -2.05. The average Bonchev–Trinajstić information content (AvgIpc) is 2.60. The molecule has 0 amide bonds. The third kappa shape index (κ3) is 18.7. The summed E-state index contributed by atoms with van der Waals surface area (Å²) in [6.07, 6.45) is 14.8. The van der Waals surface area contributed by atoms with Crippen molar-refractivity contribution in [2.45, 2.75) is 96.3 Å². The quantitative estimate of drug-likeness (QED) is 0.214. The van der Waals surface area contributed by atoms with Gasteiger partial charge in [0, 0.05) is 6.42 Å². The molecular weight excluding hydrogens is 336 g/mol. The SMILES string of the molecule is COC(=O)CC(=O)OCCCCCCCCCCCCCCCC(=O)O. The zero-order valence-corrected chi connectivity index (χ0v) is 16.3. The van der Waals surface area contributed by atoms with Gasteiger partial charge in [-0.1, -0.05) is 70.6 Å². The number of ether oxygens (including phenoxy) is 2. The van der Waals surface area contributed by atoms with Crippen LogP contribution in [0.5, 0.6) is 0 Å². The van der Waals surface area contributed by atoms with Gasteiger partial charge in [0.2, 0.25) is 0 Å². The van der Waals surface area contributed by atoms with Crippen molar-refractivity contribution in [2.75, 3.05) is 13.7 Å². The highest BCUT2D eigenvalue weighted by molar-refractivity contribution is 5.91. The van der Waals surface area contributed by atoms with Gasteiger partial charge in [0.1, 0.15) is 6.42 Å². The number of carbonyl (C=O) groups is 3. The van der Waals surface area contributed by atoms with Crippen LogP contribution in [-0.2, 0) is 23.9 Å². The van der Waals surface area contributed by atoms with Crippen molar-refractivity contribution < 1.29 is 29.0 Å². The van der Waals surface area contributed by atoms with Gasteiger partial charge in [0.15, 0.2) is 0 Å². The highest BCUT2D eigenvalue weighted by atomic mass is 16.5. The minimum Gasteiger partial charge on any atom is -0.481 e. The van der Waals surface area contributed by atoms with Crippen molar-refractivity contribution >= 4 is 17.9 Å². The summed E-state index contributed by atoms with van der Waals surface area (Å²) in [6.45, 7) is 0.377. The van der Waals surface area contributed by atoms with Gasteiger partial charge in [-0.15, -0.1) is 0 Å². The summed E-state index contributed by atoms with van der Waals surface area (Å²) in [5, 5.41) is 8.54. The number of methoxy groups -OCH3 is 1. The lowest BCUT2D eigenvalue weighted by Crippen LogP contribution is -2.12. The van der Waals surface area contributed by atoms with E-state index >= 15 is 0 Å². The van der Waals surface area contributed by atoms with Gasteiger partial charge in [0.05, 0.1) is 13.7 Å². The molecule has 0 atom stereocenters. The molecule has 0 unspecified atom stereocenters. The number of esters is 2. The van der Waals surface area contributed by atoms with Gasteiger partial charge >= 0.3 is 17.9 Å². The van der Waals surface area contributed by atoms with Crippen LogP contribution in [0.4, 0.5) is 0 Å². The Morgan fingerprint density at radius 3 is 1.50 bits per heavy atom. The van der Waals surface area contributed by atoms with Gasteiger partial charge in [0.25, 0.3) is 0 Å². The van der Waals surface area contributed by atoms with Crippen molar-refractivity contribution in [3.8, 4) is 0 Å². The van der Waals surface area contributed by atoms with E-state index in [0.717, 1.165) is 38.5 Å². The molecule has 1 N–H and O–H groups in total. The standard InChI is InChI=1S/C20H36O6/c1-25-19(23)17-20(24)26-16-14-12-10-8-6-4-2-3-5-7-9-11-13-15-18(21)22/h2-17H2,1H3,(H,21,22). The maximum atomic E-state index is 11.2. The fourth-order valence-electron chi connectivity index (χ4n) is 2.75. The Balaban J connectivity index is 3.14. The monoisotopic (exact) mass is 372 g/mol. The van der Waals surface area contributed by atoms with Crippen molar-refractivity contribution in [1.82, 2.24) is 0 Å². The van der Waals surface area contributed by atoms with E-state index in [1.165, 1.54) is 52.1 Å². The lowest BCUT2D eigenvalue weighted by molar-refractivity contribution is -0.153. The zero-order chi connectivity index (χ0) is 19.5. The fraction of sp³-hybridized carbons (Fsp3) is 0.850. The second-order valence-corrected chi connectivity index (χ2v) is 6.71. The largest absolute Gasteiger partial charge is 0.481 e. The Labute approximate surface area is 157 Å². The maximum Gasteiger partial charge on any atom is 0.317 e. The summed E-state index contributed by atoms with van der Waals surface area (Å²) >= 11 is 0. The Bertz CT molecular complexity index is 380. The Kier molecular flexibility index (Phi) is 17.1. The smallest absolute Gasteiger partial charge is 0.317 e. The molecule has 0 fully saturated rings. The molecule has 0 aliphatic rings. The van der Waals surface area contributed by atoms with Gasteiger partial charge in [-0.05, 0) is 12.8 Å². The van der Waals surface area contributed by atoms with E-state index in [1.54, 1.807) is 0 Å². The van der Waals surface area contributed by atoms with E-state index < -0.39 is 17.9 Å². The topological polar surface area (TPSA) is 89.9 Å². The molecule has 26 heavy (non-hydrogen) atoms. The van der Waals surface area contributed by atoms with Crippen LogP contribution in [0.1, 0.15) is 96.3 Å². The summed E-state index contributed by atoms with van der Waals surface area (Å²) in [6, 6.07) is 0. The van der Waals surface area contributed by atoms with Gasteiger partial charge in [-0.3, -0.25) is 14.4 Å². The third-order valence-electron chi connectivity index (χ3n) is 4.31. The molecule has 0 saturated carbocycles. The molecule has 0 bridgehead atoms. The molecule has 6 heteroatoms. The van der Waals surface area contributed by atoms with Crippen molar-refractivity contribution in [1.29, 1.82) is 0 Å². The first-order valence-electron chi connectivity index (χ1n) is 10.0. The molecule has 6 nitrogen and oxygen atoms in total. The minimum atomic E-state index is -0.690. The minimum absolute atomic E-state index is 0.302. The van der Waals surface area contributed by atoms with Crippen LogP contribution in [0.25, 0.3) is 0 Å². The van der Waals surface area contributed by atoms with E-state index in [1.807, 2.05) is 0 Å². The summed E-state index contributed by atoms with van der Waals surface area (Å²) in [5.74, 6) is -1.77. The normalized spacial score (nSPS) is 10.5. The first-order valence-corrected chi connectivity index (χ1v) is 10.0. The number of aliphatic carboxylic acids is 1. The van der Waals surface area contributed by atoms with Gasteiger partial charge < -0.3 is 14.6 Å². The number of carbonyl (C=O) groups excluding carboxylic acids is 2. The van der Waals surface area contributed by atoms with Crippen LogP contribution in [-0.4, -0.2) is 36.7 Å². The van der Waals surface area contributed by atoms with E-state index in [0.29, 0.717) is 13.0 Å². The highest BCUT2D eigenvalue weighted by Gasteiger charge is 2.09. The summed E-state index contributed by atoms with van der Waals surface area (Å²) in [4.78, 5) is 32.5. The molecule has 0 saturated heterocycles. The number of unbranched alkanes of at least 4 members (excludes halogenated alkanes) is 12. The van der Waals surface area contributed by atoms with Crippen LogP contribution in [0.15, 0.2) is 0 Å². The van der Waals surface area contributed by atoms with Crippen molar-refractivity contribution in [2.24, 2.45) is 0 Å². The lowest BCUT2D eigenvalue weighted by atomic mass is 10.0. The van der Waals surface area contributed by atoms with Crippen LogP contribution in [0, 0.1) is 0 Å². The second-order valence-electron chi connectivity index (χ2n) is 6.71. The molecule has 0 heterocycles. The first kappa shape index (κ1) is 24.4. The van der Waals surface area contributed by atoms with E-state index in [2.05, 4.69) is 4.74 Å². The first-order chi connectivity index (χ1) is 12.6. The van der Waals surface area contributed by atoms with Crippen LogP contribution < -0.4 is 0 Å². The van der Waals surface area contributed by atoms with Crippen LogP contribution in [0.2, 0.25) is 0 Å². The predicted octanol–water partition coefficient (Wildman–Crippen LogP) is 4.64. The Morgan fingerprint density at radius 2 is 1.08 bits per heavy atom. The number of carboxylic acid groups (broad SMARTS) is 1. The third-order valence-corrected chi connectivity index (χ3v) is 4.31. The van der Waals surface area contributed by atoms with E-state index in [4.69, 9.17) is 9.84 Å². The highest BCUT2D eigenvalue weighted by Crippen LogP contribution is 2.13. The summed E-state index contributed by atoms with van der Waals surface area (Å²) in [7, 11) is 1.25. The molecule has 0 aromatic heterocycles. The fourth-order valence-corrected chi connectivity index (χ4v) is 2.75. The maximum absolute atomic E-state index is 11.2. The summed E-state index contributed by atoms with van der Waals surface area (Å²) < 4.78 is 9.36. The number of hydrogen-bond acceptors (Lipinski definition) is 5. The van der Waals surface area contributed by atoms with Crippen LogP contribution >= 0.6 is 0 Å². The molecule has 0 aromatic rings. The van der Waals surface area contributed by atoms with Crippen molar-refractivity contribution in [3.05, 3.63) is 0 Å². The molecule has 0 aliphatic heterocycles. The molecule has 0 aliphatic carbocycles. The Morgan fingerprint density at radius 1 is 0.654 bits per heavy atom. The molecule has 0 aromatic carbocycles.